The van der Waals surface area contributed by atoms with Crippen LogP contribution >= 0.6 is 34.5 Å². The normalized spacial score (nSPS) is 13.5. The molecule has 1 heterocycles. The fourth-order valence-corrected chi connectivity index (χ4v) is 5.14. The van der Waals surface area contributed by atoms with Crippen LogP contribution in [-0.4, -0.2) is 41.8 Å². The highest BCUT2D eigenvalue weighted by Gasteiger charge is 2.39. The summed E-state index contributed by atoms with van der Waals surface area (Å²) < 4.78 is 63.9. The highest BCUT2D eigenvalue weighted by Crippen LogP contribution is 2.41. The molecule has 0 amide bonds. The Balaban J connectivity index is 2.53. The van der Waals surface area contributed by atoms with Crippen LogP contribution in [-0.2, 0) is 16.6 Å². The molecule has 1 aromatic carbocycles. The second-order valence-corrected chi connectivity index (χ2v) is 8.82. The lowest BCUT2D eigenvalue weighted by atomic mass is 10.1. The van der Waals surface area contributed by atoms with Gasteiger partial charge in [-0.15, -0.1) is 11.3 Å². The van der Waals surface area contributed by atoms with Crippen molar-refractivity contribution < 1.29 is 36.6 Å². The van der Waals surface area contributed by atoms with Crippen LogP contribution in [0.1, 0.15) is 22.4 Å². The van der Waals surface area contributed by atoms with E-state index in [9.17, 15) is 31.5 Å². The SMILES string of the molecule is CC(NS(=O)(=O)c1ccc(-c2sc(C(=O)O)nc2CO)c(Cl)c1Cl)C(F)(F)F. The maximum Gasteiger partial charge on any atom is 0.404 e. The summed E-state index contributed by atoms with van der Waals surface area (Å²) in [6.45, 7) is -0.00251. The quantitative estimate of drug-likeness (QED) is 0.584. The van der Waals surface area contributed by atoms with Gasteiger partial charge >= 0.3 is 12.1 Å². The van der Waals surface area contributed by atoms with E-state index in [1.165, 1.54) is 4.72 Å². The van der Waals surface area contributed by atoms with E-state index in [1.807, 2.05) is 0 Å². The van der Waals surface area contributed by atoms with Crippen LogP contribution < -0.4 is 4.72 Å². The number of carboxylic acid groups (broad SMARTS) is 1. The van der Waals surface area contributed by atoms with Gasteiger partial charge in [0, 0.05) is 5.56 Å². The topological polar surface area (TPSA) is 117 Å². The molecular formula is C14H11Cl2F3N2O5S2. The molecule has 0 saturated heterocycles. The van der Waals surface area contributed by atoms with Crippen LogP contribution in [0.15, 0.2) is 17.0 Å². The minimum Gasteiger partial charge on any atom is -0.476 e. The van der Waals surface area contributed by atoms with Crippen LogP contribution in [0.5, 0.6) is 0 Å². The Morgan fingerprint density at radius 2 is 1.93 bits per heavy atom. The van der Waals surface area contributed by atoms with E-state index < -0.39 is 44.7 Å². The van der Waals surface area contributed by atoms with E-state index in [1.54, 1.807) is 0 Å². The lowest BCUT2D eigenvalue weighted by molar-refractivity contribution is -0.147. The van der Waals surface area contributed by atoms with Gasteiger partial charge in [-0.2, -0.15) is 17.9 Å². The van der Waals surface area contributed by atoms with Crippen LogP contribution in [0.25, 0.3) is 10.4 Å². The average molecular weight is 479 g/mol. The Kier molecular flexibility index (Phi) is 6.63. The molecule has 0 saturated carbocycles. The maximum atomic E-state index is 12.6. The van der Waals surface area contributed by atoms with Crippen molar-refractivity contribution >= 4 is 50.5 Å². The largest absolute Gasteiger partial charge is 0.476 e. The zero-order valence-corrected chi connectivity index (χ0v) is 16.9. The first-order valence-corrected chi connectivity index (χ1v) is 10.3. The second-order valence-electron chi connectivity index (χ2n) is 5.38. The molecule has 1 unspecified atom stereocenters. The Morgan fingerprint density at radius 1 is 1.32 bits per heavy atom. The van der Waals surface area contributed by atoms with Gasteiger partial charge in [-0.3, -0.25) is 0 Å². The molecule has 7 nitrogen and oxygen atoms in total. The van der Waals surface area contributed by atoms with Crippen LogP contribution in [0.3, 0.4) is 0 Å². The average Bonchev–Trinajstić information content (AvgIpc) is 3.00. The number of hydrogen-bond acceptors (Lipinski definition) is 6. The van der Waals surface area contributed by atoms with Crippen molar-refractivity contribution in [3.05, 3.63) is 32.9 Å². The third-order valence-electron chi connectivity index (χ3n) is 3.43. The third-order valence-corrected chi connectivity index (χ3v) is 7.13. The number of nitrogens with zero attached hydrogens (tertiary/aromatic N) is 1. The fourth-order valence-electron chi connectivity index (χ4n) is 2.04. The fraction of sp³-hybridized carbons (Fsp3) is 0.286. The molecule has 154 valence electrons. The first kappa shape index (κ1) is 22.8. The number of halogens is 5. The number of aliphatic hydroxyl groups is 1. The molecule has 0 aliphatic heterocycles. The molecule has 0 fully saturated rings. The number of carbonyl (C=O) groups is 1. The van der Waals surface area contributed by atoms with E-state index in [0.717, 1.165) is 12.1 Å². The minimum atomic E-state index is -4.81. The number of alkyl halides is 3. The summed E-state index contributed by atoms with van der Waals surface area (Å²) in [6, 6.07) is -0.303. The maximum absolute atomic E-state index is 12.6. The molecule has 2 rings (SSSR count). The van der Waals surface area contributed by atoms with Gasteiger partial charge in [0.15, 0.2) is 0 Å². The molecule has 28 heavy (non-hydrogen) atoms. The number of nitrogens with one attached hydrogen (secondary N) is 1. The molecule has 3 N–H and O–H groups in total. The van der Waals surface area contributed by atoms with E-state index in [-0.39, 0.29) is 26.2 Å². The Hall–Kier alpha value is -1.44. The molecule has 1 atom stereocenters. The lowest BCUT2D eigenvalue weighted by Gasteiger charge is -2.18. The number of rotatable bonds is 6. The number of benzene rings is 1. The highest BCUT2D eigenvalue weighted by molar-refractivity contribution is 7.89. The highest BCUT2D eigenvalue weighted by atomic mass is 35.5. The number of hydrogen-bond donors (Lipinski definition) is 3. The molecule has 0 aliphatic carbocycles. The van der Waals surface area contributed by atoms with Crippen LogP contribution in [0, 0.1) is 0 Å². The van der Waals surface area contributed by atoms with Crippen molar-refractivity contribution in [2.24, 2.45) is 0 Å². The van der Waals surface area contributed by atoms with Crippen molar-refractivity contribution in [1.29, 1.82) is 0 Å². The Morgan fingerprint density at radius 3 is 2.43 bits per heavy atom. The lowest BCUT2D eigenvalue weighted by Crippen LogP contribution is -2.43. The Bertz CT molecular complexity index is 1020. The van der Waals surface area contributed by atoms with Gasteiger partial charge in [0.25, 0.3) is 0 Å². The van der Waals surface area contributed by atoms with Gasteiger partial charge < -0.3 is 10.2 Å². The number of aromatic nitrogens is 1. The van der Waals surface area contributed by atoms with E-state index in [2.05, 4.69) is 4.98 Å². The molecule has 0 bridgehead atoms. The summed E-state index contributed by atoms with van der Waals surface area (Å²) in [5.41, 5.74) is 0.0447. The number of aromatic carboxylic acids is 1. The molecule has 1 aromatic heterocycles. The van der Waals surface area contributed by atoms with Gasteiger partial charge in [-0.1, -0.05) is 29.3 Å². The van der Waals surface area contributed by atoms with Crippen molar-refractivity contribution in [1.82, 2.24) is 9.71 Å². The smallest absolute Gasteiger partial charge is 0.404 e. The van der Waals surface area contributed by atoms with Gasteiger partial charge in [-0.05, 0) is 13.0 Å². The summed E-state index contributed by atoms with van der Waals surface area (Å²) in [7, 11) is -4.66. The van der Waals surface area contributed by atoms with Crippen molar-refractivity contribution in [3.63, 3.8) is 0 Å². The summed E-state index contributed by atoms with van der Waals surface area (Å²) >= 11 is 12.7. The third kappa shape index (κ3) is 4.58. The summed E-state index contributed by atoms with van der Waals surface area (Å²) in [5, 5.41) is 17.1. The second kappa shape index (κ2) is 8.13. The van der Waals surface area contributed by atoms with Gasteiger partial charge in [-0.25, -0.2) is 18.2 Å². The summed E-state index contributed by atoms with van der Waals surface area (Å²) in [6.07, 6.45) is -4.81. The van der Waals surface area contributed by atoms with Crippen LogP contribution in [0.2, 0.25) is 10.0 Å². The van der Waals surface area contributed by atoms with E-state index in [4.69, 9.17) is 28.3 Å². The monoisotopic (exact) mass is 478 g/mol. The molecular weight excluding hydrogens is 468 g/mol. The number of carboxylic acids is 1. The number of sulfonamides is 1. The first-order chi connectivity index (χ1) is 12.8. The van der Waals surface area contributed by atoms with E-state index in [0.29, 0.717) is 18.3 Å². The molecule has 0 aliphatic rings. The molecule has 0 spiro atoms. The van der Waals surface area contributed by atoms with E-state index >= 15 is 0 Å². The van der Waals surface area contributed by atoms with Crippen molar-refractivity contribution in [3.8, 4) is 10.4 Å². The number of aliphatic hydroxyl groups excluding tert-OH is 1. The van der Waals surface area contributed by atoms with Crippen molar-refractivity contribution in [2.45, 2.75) is 30.6 Å². The van der Waals surface area contributed by atoms with Gasteiger partial charge in [0.2, 0.25) is 15.0 Å². The predicted molar refractivity (Wildman–Crippen MR) is 96.3 cm³/mol. The number of thiazole rings is 1. The van der Waals surface area contributed by atoms with Gasteiger partial charge in [0.1, 0.15) is 10.9 Å². The Labute approximate surface area is 170 Å². The predicted octanol–water partition coefficient (Wildman–Crippen LogP) is 3.54. The van der Waals surface area contributed by atoms with Crippen LogP contribution in [0.4, 0.5) is 13.2 Å². The van der Waals surface area contributed by atoms with Gasteiger partial charge in [0.05, 0.1) is 27.2 Å². The zero-order valence-electron chi connectivity index (χ0n) is 13.7. The molecule has 0 radical (unpaired) electrons. The van der Waals surface area contributed by atoms with Crippen molar-refractivity contribution in [2.75, 3.05) is 0 Å². The minimum absolute atomic E-state index is 0.0280. The standard InChI is InChI=1S/C14H11Cl2F3N2O5S2/c1-5(14(17,18)19)21-28(25,26)8-3-2-6(9(15)10(8)16)11-7(4-22)20-12(27-11)13(23)24/h2-3,5,21-22H,4H2,1H3,(H,23,24). The zero-order chi connectivity index (χ0) is 21.4. The summed E-state index contributed by atoms with van der Waals surface area (Å²) in [5.74, 6) is -1.35. The summed E-state index contributed by atoms with van der Waals surface area (Å²) in [4.78, 5) is 14.2. The molecule has 14 heteroatoms. The molecule has 2 aromatic rings. The first-order valence-electron chi connectivity index (χ1n) is 7.20.